The molecule has 0 aliphatic rings. The van der Waals surface area contributed by atoms with Crippen molar-refractivity contribution in [2.75, 3.05) is 26.0 Å². The van der Waals surface area contributed by atoms with Crippen LogP contribution in [-0.4, -0.2) is 47.0 Å². The molecule has 0 saturated heterocycles. The number of rotatable bonds is 7. The Labute approximate surface area is 194 Å². The van der Waals surface area contributed by atoms with Crippen molar-refractivity contribution >= 4 is 63.3 Å². The van der Waals surface area contributed by atoms with E-state index in [0.717, 1.165) is 0 Å². The van der Waals surface area contributed by atoms with Gasteiger partial charge in [0.25, 0.3) is 5.91 Å². The van der Waals surface area contributed by atoms with Crippen LogP contribution >= 0.6 is 23.2 Å². The van der Waals surface area contributed by atoms with Gasteiger partial charge in [-0.1, -0.05) is 41.4 Å². The number of nitrogens with two attached hydrogens (primary N) is 1. The second-order valence-electron chi connectivity index (χ2n) is 6.98. The number of halogens is 2. The number of fused-ring (bicyclic) bond motifs is 2. The largest absolute Gasteiger partial charge is 0.385 e. The number of methoxy groups -OCH3 is 1. The number of benzene rings is 2. The second kappa shape index (κ2) is 9.52. The van der Waals surface area contributed by atoms with E-state index in [1.807, 2.05) is 24.3 Å². The first-order chi connectivity index (χ1) is 15.5. The first-order valence-corrected chi connectivity index (χ1v) is 10.6. The number of nitrogens with one attached hydrogen (secondary N) is 1. The summed E-state index contributed by atoms with van der Waals surface area (Å²) in [5, 5.41) is 8.16. The van der Waals surface area contributed by atoms with E-state index in [0.29, 0.717) is 57.4 Å². The summed E-state index contributed by atoms with van der Waals surface area (Å²) in [5.74, 6) is -0.215. The van der Waals surface area contributed by atoms with E-state index < -0.39 is 0 Å². The van der Waals surface area contributed by atoms with Gasteiger partial charge in [0.1, 0.15) is 16.9 Å². The average molecular weight is 471 g/mol. The Morgan fingerprint density at radius 3 is 2.66 bits per heavy atom. The van der Waals surface area contributed by atoms with Crippen LogP contribution in [0.4, 0.5) is 5.82 Å². The fraction of sp³-hybridized carbons (Fsp3) is 0.182. The maximum Gasteiger partial charge on any atom is 0.257 e. The van der Waals surface area contributed by atoms with Crippen LogP contribution in [0.3, 0.4) is 0 Å². The summed E-state index contributed by atoms with van der Waals surface area (Å²) in [7, 11) is 1.61. The molecule has 10 heteroatoms. The fourth-order valence-electron chi connectivity index (χ4n) is 3.21. The minimum absolute atomic E-state index is 0.135. The van der Waals surface area contributed by atoms with E-state index in [4.69, 9.17) is 33.7 Å². The third kappa shape index (κ3) is 4.38. The SMILES string of the molecule is COCCCNC(=O)c1c(N)n(/N=C/c2ccc(Cl)c(Cl)c2)c2nc3ccccc3nc12. The number of hydrogen-bond acceptors (Lipinski definition) is 6. The summed E-state index contributed by atoms with van der Waals surface area (Å²) in [6.07, 6.45) is 2.24. The van der Waals surface area contributed by atoms with E-state index in [9.17, 15) is 4.79 Å². The maximum absolute atomic E-state index is 13.0. The number of nitrogens with zero attached hydrogens (tertiary/aromatic N) is 4. The van der Waals surface area contributed by atoms with Crippen molar-refractivity contribution in [3.05, 3.63) is 63.6 Å². The van der Waals surface area contributed by atoms with Crippen LogP contribution in [-0.2, 0) is 4.74 Å². The van der Waals surface area contributed by atoms with Gasteiger partial charge in [0.15, 0.2) is 5.65 Å². The van der Waals surface area contributed by atoms with Crippen LogP contribution in [0.1, 0.15) is 22.3 Å². The van der Waals surface area contributed by atoms with Crippen LogP contribution in [0.2, 0.25) is 10.0 Å². The fourth-order valence-corrected chi connectivity index (χ4v) is 3.52. The van der Waals surface area contributed by atoms with Crippen LogP contribution in [0.5, 0.6) is 0 Å². The van der Waals surface area contributed by atoms with Crippen molar-refractivity contribution in [2.24, 2.45) is 5.10 Å². The van der Waals surface area contributed by atoms with Crippen LogP contribution < -0.4 is 11.1 Å². The summed E-state index contributed by atoms with van der Waals surface area (Å²) >= 11 is 12.1. The van der Waals surface area contributed by atoms with Gasteiger partial charge in [-0.25, -0.2) is 9.97 Å². The van der Waals surface area contributed by atoms with Gasteiger partial charge >= 0.3 is 0 Å². The van der Waals surface area contributed by atoms with Crippen molar-refractivity contribution in [1.29, 1.82) is 0 Å². The van der Waals surface area contributed by atoms with Crippen LogP contribution in [0.15, 0.2) is 47.6 Å². The lowest BCUT2D eigenvalue weighted by molar-refractivity contribution is 0.0951. The summed E-state index contributed by atoms with van der Waals surface area (Å²) in [4.78, 5) is 22.3. The van der Waals surface area contributed by atoms with Crippen LogP contribution in [0, 0.1) is 0 Å². The minimum atomic E-state index is -0.350. The van der Waals surface area contributed by atoms with Gasteiger partial charge in [-0.3, -0.25) is 4.79 Å². The summed E-state index contributed by atoms with van der Waals surface area (Å²) in [6, 6.07) is 12.5. The molecule has 2 heterocycles. The number of para-hydroxylation sites is 2. The number of ether oxygens (including phenoxy) is 1. The van der Waals surface area contributed by atoms with E-state index in [1.54, 1.807) is 31.5 Å². The van der Waals surface area contributed by atoms with Gasteiger partial charge < -0.3 is 15.8 Å². The van der Waals surface area contributed by atoms with Crippen molar-refractivity contribution in [1.82, 2.24) is 20.0 Å². The highest BCUT2D eigenvalue weighted by Crippen LogP contribution is 2.28. The van der Waals surface area contributed by atoms with E-state index in [-0.39, 0.29) is 17.3 Å². The standard InChI is InChI=1S/C22H20Cl2N6O2/c1-32-10-4-9-26-22(31)18-19-21(29-17-6-3-2-5-16(17)28-19)30(20(18)25)27-12-13-7-8-14(23)15(24)11-13/h2-3,5-8,11-12H,4,9-10,25H2,1H3,(H,26,31)/b27-12+. The number of amides is 1. The first-order valence-electron chi connectivity index (χ1n) is 9.83. The lowest BCUT2D eigenvalue weighted by Gasteiger charge is -2.05. The topological polar surface area (TPSA) is 107 Å². The highest BCUT2D eigenvalue weighted by molar-refractivity contribution is 6.42. The molecule has 4 rings (SSSR count). The van der Waals surface area contributed by atoms with Crippen LogP contribution in [0.25, 0.3) is 22.2 Å². The molecule has 0 aliphatic heterocycles. The second-order valence-corrected chi connectivity index (χ2v) is 7.79. The monoisotopic (exact) mass is 470 g/mol. The molecule has 0 fully saturated rings. The van der Waals surface area contributed by atoms with Gasteiger partial charge in [0.2, 0.25) is 0 Å². The summed E-state index contributed by atoms with van der Waals surface area (Å²) < 4.78 is 6.43. The third-order valence-electron chi connectivity index (χ3n) is 4.78. The van der Waals surface area contributed by atoms with E-state index in [2.05, 4.69) is 20.4 Å². The van der Waals surface area contributed by atoms with Crippen molar-refractivity contribution in [3.63, 3.8) is 0 Å². The quantitative estimate of drug-likeness (QED) is 0.312. The molecule has 0 saturated carbocycles. The average Bonchev–Trinajstić information content (AvgIpc) is 3.06. The highest BCUT2D eigenvalue weighted by Gasteiger charge is 2.23. The zero-order valence-corrected chi connectivity index (χ0v) is 18.7. The molecule has 3 N–H and O–H groups in total. The van der Waals surface area contributed by atoms with Gasteiger partial charge in [0, 0.05) is 20.3 Å². The number of nitrogen functional groups attached to an aromatic ring is 1. The predicted octanol–water partition coefficient (Wildman–Crippen LogP) is 4.12. The summed E-state index contributed by atoms with van der Waals surface area (Å²) in [6.45, 7) is 0.974. The molecule has 32 heavy (non-hydrogen) atoms. The number of hydrogen-bond donors (Lipinski definition) is 2. The van der Waals surface area contributed by atoms with Crippen molar-refractivity contribution in [3.8, 4) is 0 Å². The molecule has 2 aromatic carbocycles. The van der Waals surface area contributed by atoms with Gasteiger partial charge in [0.05, 0.1) is 27.3 Å². The molecule has 4 aromatic rings. The molecular formula is C22H20Cl2N6O2. The number of anilines is 1. The first kappa shape index (κ1) is 22.0. The number of carbonyl (C=O) groups excluding carboxylic acids is 1. The molecular weight excluding hydrogens is 451 g/mol. The van der Waals surface area contributed by atoms with Gasteiger partial charge in [-0.05, 0) is 36.2 Å². The summed E-state index contributed by atoms with van der Waals surface area (Å²) in [5.41, 5.74) is 9.36. The molecule has 0 spiro atoms. The molecule has 1 amide bonds. The van der Waals surface area contributed by atoms with Crippen molar-refractivity contribution < 1.29 is 9.53 Å². The lowest BCUT2D eigenvalue weighted by atomic mass is 10.2. The molecule has 0 atom stereocenters. The van der Waals surface area contributed by atoms with Gasteiger partial charge in [-0.15, -0.1) is 0 Å². The Morgan fingerprint density at radius 1 is 1.19 bits per heavy atom. The molecule has 8 nitrogen and oxygen atoms in total. The molecule has 0 aliphatic carbocycles. The minimum Gasteiger partial charge on any atom is -0.385 e. The third-order valence-corrected chi connectivity index (χ3v) is 5.52. The molecule has 2 aromatic heterocycles. The maximum atomic E-state index is 13.0. The van der Waals surface area contributed by atoms with E-state index in [1.165, 1.54) is 4.68 Å². The molecule has 0 bridgehead atoms. The van der Waals surface area contributed by atoms with Gasteiger partial charge in [-0.2, -0.15) is 9.78 Å². The molecule has 0 unspecified atom stereocenters. The zero-order chi connectivity index (χ0) is 22.7. The highest BCUT2D eigenvalue weighted by atomic mass is 35.5. The Bertz CT molecular complexity index is 1340. The predicted molar refractivity (Wildman–Crippen MR) is 128 cm³/mol. The van der Waals surface area contributed by atoms with Crippen molar-refractivity contribution in [2.45, 2.75) is 6.42 Å². The zero-order valence-electron chi connectivity index (χ0n) is 17.2. The Balaban J connectivity index is 1.81. The van der Waals surface area contributed by atoms with E-state index >= 15 is 0 Å². The lowest BCUT2D eigenvalue weighted by Crippen LogP contribution is -2.26. The number of carbonyl (C=O) groups is 1. The number of aromatic nitrogens is 3. The molecule has 0 radical (unpaired) electrons. The molecule has 164 valence electrons. The Hall–Kier alpha value is -3.20. The Kier molecular flexibility index (Phi) is 6.55. The normalized spacial score (nSPS) is 11.6. The Morgan fingerprint density at radius 2 is 1.94 bits per heavy atom. The smallest absolute Gasteiger partial charge is 0.257 e.